The van der Waals surface area contributed by atoms with Crippen LogP contribution in [0.2, 0.25) is 5.02 Å². The highest BCUT2D eigenvalue weighted by Gasteiger charge is 2.68. The monoisotopic (exact) mass is 631 g/mol. The Morgan fingerprint density at radius 2 is 1.89 bits per heavy atom. The van der Waals surface area contributed by atoms with E-state index in [9.17, 15) is 19.7 Å². The number of halogens is 1. The average Bonchev–Trinajstić information content (AvgIpc) is 3.30. The lowest BCUT2D eigenvalue weighted by atomic mass is 9.43. The van der Waals surface area contributed by atoms with Gasteiger partial charge in [0.25, 0.3) is 5.96 Å². The second-order valence-electron chi connectivity index (χ2n) is 14.0. The molecule has 5 rings (SSSR count). The van der Waals surface area contributed by atoms with Crippen molar-refractivity contribution >= 4 is 36.4 Å². The Hall–Kier alpha value is -2.70. The Balaban J connectivity index is 1.47. The largest absolute Gasteiger partial charge is 0.481 e. The van der Waals surface area contributed by atoms with Gasteiger partial charge in [0.2, 0.25) is 5.91 Å². The van der Waals surface area contributed by atoms with Gasteiger partial charge < -0.3 is 20.4 Å². The predicted octanol–water partition coefficient (Wildman–Crippen LogP) is 4.69. The molecule has 1 heterocycles. The zero-order chi connectivity index (χ0) is 32.4. The molecule has 1 saturated heterocycles. The van der Waals surface area contributed by atoms with Gasteiger partial charge in [-0.15, -0.1) is 0 Å². The maximum Gasteiger partial charge on any atom is 0.481 e. The zero-order valence-electron chi connectivity index (χ0n) is 26.7. The number of amides is 1. The number of hydrogen-bond donors (Lipinski definition) is 3. The average molecular weight is 632 g/mol. The number of benzene rings is 1. The molecule has 4 aliphatic rings. The van der Waals surface area contributed by atoms with Gasteiger partial charge >= 0.3 is 7.12 Å². The summed E-state index contributed by atoms with van der Waals surface area (Å²) in [5.41, 5.74) is 7.98. The standard InChI is InChI=1S/C31H47BClN5O6/c1-18(2)14-27(32-43-26-17-22-16-25(30(22,4)5)31(26,6)44-32)36-28(40)21(8-7-13-35-29(34)37-38(41)42)15-24(39)19(3)20-9-11-23(33)12-10-20/h9-12,18-19,21-22,25-27H,7-8,13-17H2,1-6H3,(H,36,40)(H3,34,35,37)/t19?,21-,22-,25-,26-,27+,31+/m1/s1. The normalized spacial score (nSPS) is 27.6. The van der Waals surface area contributed by atoms with Crippen molar-refractivity contribution in [2.24, 2.45) is 39.8 Å². The highest BCUT2D eigenvalue weighted by molar-refractivity contribution is 6.47. The van der Waals surface area contributed by atoms with E-state index >= 15 is 0 Å². The lowest BCUT2D eigenvalue weighted by Crippen LogP contribution is -2.65. The van der Waals surface area contributed by atoms with Crippen molar-refractivity contribution in [2.75, 3.05) is 6.54 Å². The highest BCUT2D eigenvalue weighted by atomic mass is 35.5. The molecule has 1 aliphatic heterocycles. The predicted molar refractivity (Wildman–Crippen MR) is 170 cm³/mol. The Bertz CT molecular complexity index is 1250. The minimum Gasteiger partial charge on any atom is -0.404 e. The van der Waals surface area contributed by atoms with Crippen molar-refractivity contribution in [1.82, 2.24) is 10.7 Å². The fourth-order valence-corrected chi connectivity index (χ4v) is 7.59. The summed E-state index contributed by atoms with van der Waals surface area (Å²) in [6.07, 6.45) is 3.52. The number of nitrogens with one attached hydrogen (secondary N) is 2. The highest BCUT2D eigenvalue weighted by Crippen LogP contribution is 2.65. The fraction of sp³-hybridized carbons (Fsp3) is 0.710. The second kappa shape index (κ2) is 13.7. The summed E-state index contributed by atoms with van der Waals surface area (Å²) in [5.74, 6) is -0.794. The van der Waals surface area contributed by atoms with E-state index in [0.29, 0.717) is 36.1 Å². The van der Waals surface area contributed by atoms with Gasteiger partial charge in [-0.05, 0) is 79.9 Å². The minimum absolute atomic E-state index is 0.00969. The van der Waals surface area contributed by atoms with E-state index in [4.69, 9.17) is 26.6 Å². The van der Waals surface area contributed by atoms with Crippen LogP contribution in [-0.2, 0) is 18.9 Å². The molecule has 7 atom stereocenters. The molecule has 3 aliphatic carbocycles. The minimum atomic E-state index is -0.783. The number of rotatable bonds is 14. The van der Waals surface area contributed by atoms with Gasteiger partial charge in [-0.25, -0.2) is 15.1 Å². The number of Topliss-reactive ketones (excluding diaryl/α,β-unsaturated/α-hetero) is 1. The summed E-state index contributed by atoms with van der Waals surface area (Å²) in [7, 11) is -0.576. The molecule has 0 spiro atoms. The van der Waals surface area contributed by atoms with Crippen LogP contribution >= 0.6 is 11.6 Å². The smallest absolute Gasteiger partial charge is 0.404 e. The summed E-state index contributed by atoms with van der Waals surface area (Å²) >= 11 is 6.03. The third-order valence-corrected chi connectivity index (χ3v) is 10.5. The van der Waals surface area contributed by atoms with Gasteiger partial charge in [-0.2, -0.15) is 0 Å². The van der Waals surface area contributed by atoms with Gasteiger partial charge in [0, 0.05) is 29.8 Å². The Morgan fingerprint density at radius 3 is 2.50 bits per heavy atom. The second-order valence-corrected chi connectivity index (χ2v) is 14.4. The molecule has 0 radical (unpaired) electrons. The lowest BCUT2D eigenvalue weighted by molar-refractivity contribution is -0.525. The van der Waals surface area contributed by atoms with Gasteiger partial charge in [0.05, 0.1) is 17.6 Å². The Morgan fingerprint density at radius 1 is 1.20 bits per heavy atom. The van der Waals surface area contributed by atoms with Crippen molar-refractivity contribution < 1.29 is 23.9 Å². The fourth-order valence-electron chi connectivity index (χ4n) is 7.47. The summed E-state index contributed by atoms with van der Waals surface area (Å²) in [6.45, 7) is 13.0. The van der Waals surface area contributed by atoms with E-state index in [1.165, 1.54) is 0 Å². The number of nitro groups is 1. The van der Waals surface area contributed by atoms with Crippen LogP contribution in [0.1, 0.15) is 91.5 Å². The van der Waals surface area contributed by atoms with Crippen LogP contribution in [-0.4, -0.2) is 54.0 Å². The molecule has 1 amide bonds. The van der Waals surface area contributed by atoms with Gasteiger partial charge in [0.15, 0.2) is 5.03 Å². The number of nitrogens with zero attached hydrogens (tertiary/aromatic N) is 2. The third kappa shape index (κ3) is 7.57. The quantitative estimate of drug-likeness (QED) is 0.0666. The SMILES string of the molecule is CC(C)C[C@H](NC(=O)[C@H](CCCN=C(N)N[N+](=O)[O-])CC(=O)C(C)c1ccc(Cl)cc1)B1O[C@@H]2C[C@H]3C[C@H](C3(C)C)[C@]2(C)O1. The molecular formula is C31H47BClN5O6. The molecule has 4 fully saturated rings. The van der Waals surface area contributed by atoms with Crippen LogP contribution in [0.4, 0.5) is 0 Å². The number of hydrogen-bond acceptors (Lipinski definition) is 7. The molecule has 44 heavy (non-hydrogen) atoms. The van der Waals surface area contributed by atoms with E-state index in [1.54, 1.807) is 12.1 Å². The first-order valence-electron chi connectivity index (χ1n) is 15.7. The van der Waals surface area contributed by atoms with E-state index in [2.05, 4.69) is 44.9 Å². The van der Waals surface area contributed by atoms with E-state index in [0.717, 1.165) is 18.4 Å². The molecule has 242 valence electrons. The molecule has 4 N–H and O–H groups in total. The topological polar surface area (TPSA) is 158 Å². The number of ketones is 1. The molecule has 3 saturated carbocycles. The molecular weight excluding hydrogens is 585 g/mol. The number of guanidine groups is 1. The van der Waals surface area contributed by atoms with Crippen molar-refractivity contribution in [3.05, 3.63) is 45.0 Å². The number of hydrazine groups is 1. The van der Waals surface area contributed by atoms with Crippen molar-refractivity contribution in [3.63, 3.8) is 0 Å². The molecule has 0 aromatic heterocycles. The van der Waals surface area contributed by atoms with Crippen LogP contribution in [0.3, 0.4) is 0 Å². The number of carbonyl (C=O) groups excluding carboxylic acids is 2. The Labute approximate surface area is 265 Å². The summed E-state index contributed by atoms with van der Waals surface area (Å²) in [5, 5.41) is 13.6. The molecule has 13 heteroatoms. The van der Waals surface area contributed by atoms with Crippen LogP contribution in [0.25, 0.3) is 0 Å². The molecule has 1 aromatic rings. The van der Waals surface area contributed by atoms with Crippen LogP contribution < -0.4 is 16.5 Å². The zero-order valence-corrected chi connectivity index (χ0v) is 27.4. The molecule has 1 aromatic carbocycles. The lowest BCUT2D eigenvalue weighted by Gasteiger charge is -2.64. The van der Waals surface area contributed by atoms with E-state index in [1.807, 2.05) is 24.5 Å². The van der Waals surface area contributed by atoms with E-state index < -0.39 is 29.6 Å². The first-order chi connectivity index (χ1) is 20.6. The molecule has 1 unspecified atom stereocenters. The van der Waals surface area contributed by atoms with Crippen molar-refractivity contribution in [1.29, 1.82) is 0 Å². The number of nitrogens with two attached hydrogens (primary N) is 1. The van der Waals surface area contributed by atoms with Crippen molar-refractivity contribution in [2.45, 2.75) is 104 Å². The van der Waals surface area contributed by atoms with Crippen molar-refractivity contribution in [3.8, 4) is 0 Å². The third-order valence-electron chi connectivity index (χ3n) is 10.2. The van der Waals surface area contributed by atoms with E-state index in [-0.39, 0.29) is 54.0 Å². The van der Waals surface area contributed by atoms with Gasteiger partial charge in [0.1, 0.15) is 5.78 Å². The summed E-state index contributed by atoms with van der Waals surface area (Å²) in [4.78, 5) is 42.0. The first kappa shape index (κ1) is 34.2. The maximum atomic E-state index is 13.9. The van der Waals surface area contributed by atoms with Gasteiger partial charge in [-0.3, -0.25) is 9.59 Å². The maximum absolute atomic E-state index is 13.9. The molecule has 2 bridgehead atoms. The first-order valence-corrected chi connectivity index (χ1v) is 16.1. The van der Waals surface area contributed by atoms with Crippen LogP contribution in [0.5, 0.6) is 0 Å². The van der Waals surface area contributed by atoms with Crippen LogP contribution in [0, 0.1) is 39.2 Å². The Kier molecular flexibility index (Phi) is 10.7. The van der Waals surface area contributed by atoms with Crippen LogP contribution in [0.15, 0.2) is 29.3 Å². The summed E-state index contributed by atoms with van der Waals surface area (Å²) < 4.78 is 13.3. The molecule has 11 nitrogen and oxygen atoms in total. The number of aliphatic imine (C=N–C) groups is 1. The van der Waals surface area contributed by atoms with Gasteiger partial charge in [-0.1, -0.05) is 63.8 Å². The summed E-state index contributed by atoms with van der Waals surface area (Å²) in [6, 6.07) is 7.12. The number of carbonyl (C=O) groups is 2.